The summed E-state index contributed by atoms with van der Waals surface area (Å²) >= 11 is 0. The number of rotatable bonds is 5. The van der Waals surface area contributed by atoms with Crippen molar-refractivity contribution in [1.29, 1.82) is 0 Å². The molecule has 27 heavy (non-hydrogen) atoms. The second-order valence-corrected chi connectivity index (χ2v) is 7.98. The van der Waals surface area contributed by atoms with E-state index in [4.69, 9.17) is 4.74 Å². The molecule has 148 valence electrons. The van der Waals surface area contributed by atoms with Crippen molar-refractivity contribution in [3.05, 3.63) is 29.8 Å². The van der Waals surface area contributed by atoms with Gasteiger partial charge in [0.1, 0.15) is 5.75 Å². The van der Waals surface area contributed by atoms with Crippen molar-refractivity contribution in [2.45, 2.75) is 70.4 Å². The van der Waals surface area contributed by atoms with E-state index in [1.807, 2.05) is 36.1 Å². The number of ether oxygens (including phenoxy) is 1. The quantitative estimate of drug-likeness (QED) is 0.796. The highest BCUT2D eigenvalue weighted by Crippen LogP contribution is 2.43. The molecule has 1 aliphatic heterocycles. The zero-order valence-corrected chi connectivity index (χ0v) is 16.9. The van der Waals surface area contributed by atoms with Crippen LogP contribution in [-0.4, -0.2) is 53.4 Å². The van der Waals surface area contributed by atoms with E-state index >= 15 is 0 Å². The first-order valence-electron chi connectivity index (χ1n) is 10.2. The molecule has 1 unspecified atom stereocenters. The van der Waals surface area contributed by atoms with Crippen LogP contribution in [0.1, 0.15) is 57.9 Å². The van der Waals surface area contributed by atoms with E-state index in [2.05, 4.69) is 4.90 Å². The molecular weight excluding hydrogens is 340 g/mol. The lowest BCUT2D eigenvalue weighted by atomic mass is 9.79. The second-order valence-electron chi connectivity index (χ2n) is 7.98. The summed E-state index contributed by atoms with van der Waals surface area (Å²) < 4.78 is 5.29. The van der Waals surface area contributed by atoms with Crippen LogP contribution in [-0.2, 0) is 16.0 Å². The SMILES string of the molecule is CCN(C(C)=O)C1CN(C(=O)Cc2cccc(OC)c2)C2(CCCCC2)C1. The molecule has 1 aromatic rings. The third-order valence-electron chi connectivity index (χ3n) is 6.34. The van der Waals surface area contributed by atoms with Gasteiger partial charge in [0.2, 0.25) is 11.8 Å². The van der Waals surface area contributed by atoms with E-state index in [9.17, 15) is 9.59 Å². The van der Waals surface area contributed by atoms with Gasteiger partial charge in [0.25, 0.3) is 0 Å². The van der Waals surface area contributed by atoms with Gasteiger partial charge in [-0.15, -0.1) is 0 Å². The minimum absolute atomic E-state index is 0.0677. The molecular formula is C22H32N2O3. The third kappa shape index (κ3) is 4.12. The van der Waals surface area contributed by atoms with Gasteiger partial charge in [-0.2, -0.15) is 0 Å². The molecule has 2 amide bonds. The molecule has 2 fully saturated rings. The van der Waals surface area contributed by atoms with Gasteiger partial charge in [0, 0.05) is 25.6 Å². The van der Waals surface area contributed by atoms with Crippen LogP contribution in [0.25, 0.3) is 0 Å². The molecule has 3 rings (SSSR count). The van der Waals surface area contributed by atoms with Crippen molar-refractivity contribution in [3.8, 4) is 5.75 Å². The number of amides is 2. The van der Waals surface area contributed by atoms with Crippen LogP contribution in [0.4, 0.5) is 0 Å². The van der Waals surface area contributed by atoms with Crippen molar-refractivity contribution < 1.29 is 14.3 Å². The van der Waals surface area contributed by atoms with Crippen molar-refractivity contribution in [1.82, 2.24) is 9.80 Å². The van der Waals surface area contributed by atoms with Gasteiger partial charge < -0.3 is 14.5 Å². The fraction of sp³-hybridized carbons (Fsp3) is 0.636. The summed E-state index contributed by atoms with van der Waals surface area (Å²) in [6, 6.07) is 7.88. The fourth-order valence-corrected chi connectivity index (χ4v) is 5.07. The Morgan fingerprint density at radius 3 is 2.63 bits per heavy atom. The number of methoxy groups -OCH3 is 1. The topological polar surface area (TPSA) is 49.9 Å². The van der Waals surface area contributed by atoms with E-state index in [-0.39, 0.29) is 23.4 Å². The van der Waals surface area contributed by atoms with E-state index in [0.717, 1.165) is 30.6 Å². The first-order chi connectivity index (χ1) is 13.0. The number of benzene rings is 1. The molecule has 5 nitrogen and oxygen atoms in total. The van der Waals surface area contributed by atoms with Crippen LogP contribution in [0.5, 0.6) is 5.75 Å². The van der Waals surface area contributed by atoms with Gasteiger partial charge in [-0.1, -0.05) is 31.4 Å². The first kappa shape index (κ1) is 19.7. The maximum atomic E-state index is 13.3. The molecule has 2 aliphatic rings. The van der Waals surface area contributed by atoms with Crippen LogP contribution in [0.3, 0.4) is 0 Å². The largest absolute Gasteiger partial charge is 0.497 e. The van der Waals surface area contributed by atoms with Crippen molar-refractivity contribution in [2.75, 3.05) is 20.2 Å². The lowest BCUT2D eigenvalue weighted by Crippen LogP contribution is -2.49. The van der Waals surface area contributed by atoms with Gasteiger partial charge in [0.05, 0.1) is 19.6 Å². The van der Waals surface area contributed by atoms with Crippen molar-refractivity contribution in [3.63, 3.8) is 0 Å². The van der Waals surface area contributed by atoms with Crippen LogP contribution in [0, 0.1) is 0 Å². The van der Waals surface area contributed by atoms with Crippen LogP contribution >= 0.6 is 0 Å². The predicted octanol–water partition coefficient (Wildman–Crippen LogP) is 3.41. The molecule has 1 saturated heterocycles. The monoisotopic (exact) mass is 372 g/mol. The summed E-state index contributed by atoms with van der Waals surface area (Å²) in [5.74, 6) is 1.06. The zero-order valence-electron chi connectivity index (χ0n) is 16.9. The zero-order chi connectivity index (χ0) is 19.4. The normalized spacial score (nSPS) is 21.3. The molecule has 0 aromatic heterocycles. The Balaban J connectivity index is 1.81. The highest BCUT2D eigenvalue weighted by atomic mass is 16.5. The van der Waals surface area contributed by atoms with E-state index in [1.54, 1.807) is 14.0 Å². The van der Waals surface area contributed by atoms with E-state index in [0.29, 0.717) is 19.5 Å². The molecule has 0 radical (unpaired) electrons. The molecule has 0 N–H and O–H groups in total. The Morgan fingerprint density at radius 1 is 1.26 bits per heavy atom. The Hall–Kier alpha value is -2.04. The number of hydrogen-bond acceptors (Lipinski definition) is 3. The first-order valence-corrected chi connectivity index (χ1v) is 10.2. The Labute approximate surface area is 162 Å². The maximum Gasteiger partial charge on any atom is 0.227 e. The summed E-state index contributed by atoms with van der Waals surface area (Å²) in [5.41, 5.74) is 0.912. The van der Waals surface area contributed by atoms with Gasteiger partial charge in [0.15, 0.2) is 0 Å². The number of carbonyl (C=O) groups is 2. The summed E-state index contributed by atoms with van der Waals surface area (Å²) in [4.78, 5) is 29.4. The summed E-state index contributed by atoms with van der Waals surface area (Å²) in [6.45, 7) is 5.03. The Kier molecular flexibility index (Phi) is 6.08. The van der Waals surface area contributed by atoms with Crippen LogP contribution < -0.4 is 4.74 Å². The summed E-state index contributed by atoms with van der Waals surface area (Å²) in [5, 5.41) is 0. The Bertz CT molecular complexity index is 682. The number of nitrogens with zero attached hydrogens (tertiary/aromatic N) is 2. The van der Waals surface area contributed by atoms with Gasteiger partial charge >= 0.3 is 0 Å². The second kappa shape index (κ2) is 8.32. The molecule has 5 heteroatoms. The fourth-order valence-electron chi connectivity index (χ4n) is 5.07. The van der Waals surface area contributed by atoms with Crippen LogP contribution in [0.15, 0.2) is 24.3 Å². The van der Waals surface area contributed by atoms with E-state index < -0.39 is 0 Å². The average Bonchev–Trinajstić information content (AvgIpc) is 3.01. The van der Waals surface area contributed by atoms with E-state index in [1.165, 1.54) is 19.3 Å². The van der Waals surface area contributed by atoms with Gasteiger partial charge in [-0.25, -0.2) is 0 Å². The number of likely N-dealkylation sites (N-methyl/N-ethyl adjacent to an activating group) is 1. The molecule has 0 bridgehead atoms. The highest BCUT2D eigenvalue weighted by molar-refractivity contribution is 5.80. The molecule has 1 saturated carbocycles. The minimum atomic E-state index is -0.0677. The van der Waals surface area contributed by atoms with Crippen LogP contribution in [0.2, 0.25) is 0 Å². The lowest BCUT2D eigenvalue weighted by Gasteiger charge is -2.41. The summed E-state index contributed by atoms with van der Waals surface area (Å²) in [7, 11) is 1.64. The molecule has 1 aromatic carbocycles. The van der Waals surface area contributed by atoms with Crippen molar-refractivity contribution in [2.24, 2.45) is 0 Å². The third-order valence-corrected chi connectivity index (χ3v) is 6.34. The van der Waals surface area contributed by atoms with Gasteiger partial charge in [-0.3, -0.25) is 9.59 Å². The minimum Gasteiger partial charge on any atom is -0.497 e. The molecule has 1 spiro atoms. The predicted molar refractivity (Wildman–Crippen MR) is 106 cm³/mol. The number of carbonyl (C=O) groups excluding carboxylic acids is 2. The number of likely N-dealkylation sites (tertiary alicyclic amines) is 1. The maximum absolute atomic E-state index is 13.3. The smallest absolute Gasteiger partial charge is 0.227 e. The Morgan fingerprint density at radius 2 is 2.00 bits per heavy atom. The summed E-state index contributed by atoms with van der Waals surface area (Å²) in [6.07, 6.45) is 7.01. The molecule has 1 aliphatic carbocycles. The standard InChI is InChI=1S/C22H32N2O3/c1-4-23(17(2)25)19-15-22(11-6-5-7-12-22)24(16-19)21(26)14-18-9-8-10-20(13-18)27-3/h8-10,13,19H,4-7,11-12,14-16H2,1-3H3. The average molecular weight is 373 g/mol. The van der Waals surface area contributed by atoms with Gasteiger partial charge in [-0.05, 0) is 43.9 Å². The highest BCUT2D eigenvalue weighted by Gasteiger charge is 2.49. The van der Waals surface area contributed by atoms with Crippen molar-refractivity contribution >= 4 is 11.8 Å². The lowest BCUT2D eigenvalue weighted by molar-refractivity contribution is -0.136. The molecule has 1 heterocycles. The number of hydrogen-bond donors (Lipinski definition) is 0. The molecule has 1 atom stereocenters.